The van der Waals surface area contributed by atoms with E-state index < -0.39 is 10.0 Å². The maximum atomic E-state index is 12.0. The van der Waals surface area contributed by atoms with Crippen molar-refractivity contribution < 1.29 is 17.9 Å². The molecule has 8 heteroatoms. The summed E-state index contributed by atoms with van der Waals surface area (Å²) < 4.78 is 31.2. The first-order valence-electron chi connectivity index (χ1n) is 6.50. The second kappa shape index (κ2) is 8.08. The molecule has 4 N–H and O–H groups in total. The second-order valence-electron chi connectivity index (χ2n) is 4.56. The Hall–Kier alpha value is -1.48. The molecule has 1 atom stereocenters. The molecule has 7 nitrogen and oxygen atoms in total. The molecule has 0 bridgehead atoms. The van der Waals surface area contributed by atoms with E-state index in [1.165, 1.54) is 19.2 Å². The van der Waals surface area contributed by atoms with Gasteiger partial charge in [-0.2, -0.15) is 0 Å². The van der Waals surface area contributed by atoms with Crippen molar-refractivity contribution in [3.63, 3.8) is 0 Å². The lowest BCUT2D eigenvalue weighted by molar-refractivity contribution is -0.120. The third-order valence-corrected chi connectivity index (χ3v) is 4.17. The molecule has 0 aliphatic heterocycles. The molecule has 1 unspecified atom stereocenters. The number of hydrogen-bond acceptors (Lipinski definition) is 5. The summed E-state index contributed by atoms with van der Waals surface area (Å²) in [6, 6.07) is 6.04. The van der Waals surface area contributed by atoms with Crippen LogP contribution in [0.3, 0.4) is 0 Å². The van der Waals surface area contributed by atoms with Gasteiger partial charge in [0.25, 0.3) is 0 Å². The molecule has 0 aliphatic carbocycles. The Labute approximate surface area is 124 Å². The van der Waals surface area contributed by atoms with Crippen LogP contribution in [-0.2, 0) is 19.6 Å². The van der Waals surface area contributed by atoms with E-state index in [1.807, 2.05) is 0 Å². The Kier molecular flexibility index (Phi) is 6.76. The molecule has 0 radical (unpaired) electrons. The van der Waals surface area contributed by atoms with Gasteiger partial charge < -0.3 is 15.8 Å². The Morgan fingerprint density at radius 2 is 2.14 bits per heavy atom. The highest BCUT2D eigenvalue weighted by Gasteiger charge is 2.16. The lowest BCUT2D eigenvalue weighted by Crippen LogP contribution is -2.29. The fourth-order valence-corrected chi connectivity index (χ4v) is 2.70. The average molecular weight is 315 g/mol. The highest BCUT2D eigenvalue weighted by Crippen LogP contribution is 2.16. The van der Waals surface area contributed by atoms with Crippen LogP contribution in [0.1, 0.15) is 6.92 Å². The van der Waals surface area contributed by atoms with Crippen LogP contribution in [-0.4, -0.2) is 41.1 Å². The van der Waals surface area contributed by atoms with Crippen molar-refractivity contribution in [2.45, 2.75) is 11.8 Å². The van der Waals surface area contributed by atoms with Crippen molar-refractivity contribution in [3.8, 4) is 0 Å². The van der Waals surface area contributed by atoms with Crippen LogP contribution < -0.4 is 15.8 Å². The standard InChI is InChI=1S/C13H21N3O4S/c1-10(9-20-2)13(17)16-11-4-3-5-12(8-11)21(18,19)15-7-6-14/h3-5,8,10,15H,6-7,9,14H2,1-2H3,(H,16,17). The summed E-state index contributed by atoms with van der Waals surface area (Å²) in [5.74, 6) is -0.563. The minimum Gasteiger partial charge on any atom is -0.384 e. The van der Waals surface area contributed by atoms with Crippen molar-refractivity contribution in [1.82, 2.24) is 4.72 Å². The highest BCUT2D eigenvalue weighted by molar-refractivity contribution is 7.89. The van der Waals surface area contributed by atoms with Crippen LogP contribution in [0.2, 0.25) is 0 Å². The molecule has 0 saturated heterocycles. The Morgan fingerprint density at radius 1 is 1.43 bits per heavy atom. The number of methoxy groups -OCH3 is 1. The third kappa shape index (κ3) is 5.43. The lowest BCUT2D eigenvalue weighted by atomic mass is 10.2. The molecule has 0 heterocycles. The number of sulfonamides is 1. The lowest BCUT2D eigenvalue weighted by Gasteiger charge is -2.12. The molecular weight excluding hydrogens is 294 g/mol. The number of anilines is 1. The number of benzene rings is 1. The van der Waals surface area contributed by atoms with E-state index in [0.717, 1.165) is 0 Å². The van der Waals surface area contributed by atoms with Crippen LogP contribution >= 0.6 is 0 Å². The monoisotopic (exact) mass is 315 g/mol. The number of hydrogen-bond donors (Lipinski definition) is 3. The highest BCUT2D eigenvalue weighted by atomic mass is 32.2. The zero-order valence-electron chi connectivity index (χ0n) is 12.1. The number of rotatable bonds is 8. The largest absolute Gasteiger partial charge is 0.384 e. The molecule has 0 spiro atoms. The van der Waals surface area contributed by atoms with Crippen LogP contribution in [0, 0.1) is 5.92 Å². The summed E-state index contributed by atoms with van der Waals surface area (Å²) in [5.41, 5.74) is 5.69. The van der Waals surface area contributed by atoms with Crippen molar-refractivity contribution >= 4 is 21.6 Å². The van der Waals surface area contributed by atoms with Gasteiger partial charge in [-0.3, -0.25) is 4.79 Å². The maximum Gasteiger partial charge on any atom is 0.240 e. The average Bonchev–Trinajstić information content (AvgIpc) is 2.45. The topological polar surface area (TPSA) is 111 Å². The SMILES string of the molecule is COCC(C)C(=O)Nc1cccc(S(=O)(=O)NCCN)c1. The number of amides is 1. The molecule has 0 aromatic heterocycles. The normalized spacial score (nSPS) is 12.9. The van der Waals surface area contributed by atoms with Gasteiger partial charge in [0.15, 0.2) is 0 Å². The second-order valence-corrected chi connectivity index (χ2v) is 6.33. The van der Waals surface area contributed by atoms with Crippen LogP contribution in [0.4, 0.5) is 5.69 Å². The smallest absolute Gasteiger partial charge is 0.240 e. The summed E-state index contributed by atoms with van der Waals surface area (Å²) in [5, 5.41) is 2.66. The van der Waals surface area contributed by atoms with Crippen LogP contribution in [0.15, 0.2) is 29.2 Å². The molecule has 118 valence electrons. The number of carbonyl (C=O) groups is 1. The molecule has 21 heavy (non-hydrogen) atoms. The van der Waals surface area contributed by atoms with Gasteiger partial charge in [-0.15, -0.1) is 0 Å². The van der Waals surface area contributed by atoms with Crippen molar-refractivity contribution in [3.05, 3.63) is 24.3 Å². The maximum absolute atomic E-state index is 12.0. The number of nitrogens with one attached hydrogen (secondary N) is 2. The quantitative estimate of drug-likeness (QED) is 0.632. The first-order chi connectivity index (χ1) is 9.90. The first kappa shape index (κ1) is 17.6. The molecule has 0 saturated carbocycles. The van der Waals surface area contributed by atoms with Gasteiger partial charge in [0.05, 0.1) is 17.4 Å². The molecule has 1 rings (SSSR count). The zero-order valence-corrected chi connectivity index (χ0v) is 12.9. The summed E-state index contributed by atoms with van der Waals surface area (Å²) in [7, 11) is -2.10. The summed E-state index contributed by atoms with van der Waals surface area (Å²) in [6.45, 7) is 2.39. The molecule has 1 aromatic carbocycles. The molecular formula is C13H21N3O4S. The minimum atomic E-state index is -3.62. The third-order valence-electron chi connectivity index (χ3n) is 2.71. The molecule has 0 fully saturated rings. The van der Waals surface area contributed by atoms with E-state index in [-0.39, 0.29) is 29.8 Å². The summed E-state index contributed by atoms with van der Waals surface area (Å²) >= 11 is 0. The predicted molar refractivity (Wildman–Crippen MR) is 80.4 cm³/mol. The minimum absolute atomic E-state index is 0.0770. The number of carbonyl (C=O) groups excluding carboxylic acids is 1. The summed E-state index contributed by atoms with van der Waals surface area (Å²) in [4.78, 5) is 11.9. The Balaban J connectivity index is 2.84. The van der Waals surface area contributed by atoms with E-state index in [0.29, 0.717) is 12.3 Å². The van der Waals surface area contributed by atoms with Gasteiger partial charge in [-0.25, -0.2) is 13.1 Å². The van der Waals surface area contributed by atoms with Crippen LogP contribution in [0.25, 0.3) is 0 Å². The zero-order chi connectivity index (χ0) is 15.9. The molecule has 0 aliphatic rings. The van der Waals surface area contributed by atoms with Crippen molar-refractivity contribution in [1.29, 1.82) is 0 Å². The number of ether oxygens (including phenoxy) is 1. The van der Waals surface area contributed by atoms with Crippen molar-refractivity contribution in [2.75, 3.05) is 32.1 Å². The van der Waals surface area contributed by atoms with Gasteiger partial charge in [0.1, 0.15) is 0 Å². The fraction of sp³-hybridized carbons (Fsp3) is 0.462. The summed E-state index contributed by atoms with van der Waals surface area (Å²) in [6.07, 6.45) is 0. The number of nitrogens with two attached hydrogens (primary N) is 1. The van der Waals surface area contributed by atoms with Gasteiger partial charge in [0.2, 0.25) is 15.9 Å². The van der Waals surface area contributed by atoms with Gasteiger partial charge in [-0.1, -0.05) is 13.0 Å². The van der Waals surface area contributed by atoms with E-state index in [1.54, 1.807) is 19.1 Å². The van der Waals surface area contributed by atoms with Crippen molar-refractivity contribution in [2.24, 2.45) is 11.7 Å². The van der Waals surface area contributed by atoms with E-state index >= 15 is 0 Å². The predicted octanol–water partition coefficient (Wildman–Crippen LogP) is 0.145. The Morgan fingerprint density at radius 3 is 2.76 bits per heavy atom. The van der Waals surface area contributed by atoms with E-state index in [9.17, 15) is 13.2 Å². The first-order valence-corrected chi connectivity index (χ1v) is 7.98. The van der Waals surface area contributed by atoms with E-state index in [2.05, 4.69) is 10.0 Å². The van der Waals surface area contributed by atoms with Gasteiger partial charge >= 0.3 is 0 Å². The molecule has 1 aromatic rings. The Bertz CT molecular complexity index is 575. The molecule has 1 amide bonds. The fourth-order valence-electron chi connectivity index (χ4n) is 1.61. The van der Waals surface area contributed by atoms with Gasteiger partial charge in [0, 0.05) is 25.9 Å². The van der Waals surface area contributed by atoms with Gasteiger partial charge in [-0.05, 0) is 18.2 Å². The van der Waals surface area contributed by atoms with E-state index in [4.69, 9.17) is 10.5 Å². The van der Waals surface area contributed by atoms with Crippen LogP contribution in [0.5, 0.6) is 0 Å².